The number of hydrogen-bond donors (Lipinski definition) is 1. The van der Waals surface area contributed by atoms with E-state index in [4.69, 9.17) is 0 Å². The van der Waals surface area contributed by atoms with Crippen LogP contribution in [0.2, 0.25) is 0 Å². The lowest BCUT2D eigenvalue weighted by molar-refractivity contribution is 0.373. The van der Waals surface area contributed by atoms with Crippen LogP contribution >= 0.6 is 0 Å². The Morgan fingerprint density at radius 2 is 1.74 bits per heavy atom. The first-order chi connectivity index (χ1) is 12.5. The second-order valence-electron chi connectivity index (χ2n) is 6.31. The fraction of sp³-hybridized carbons (Fsp3) is 0.235. The van der Waals surface area contributed by atoms with E-state index in [9.17, 15) is 21.2 Å². The molecule has 1 unspecified atom stereocenters. The molecule has 10 heteroatoms. The maximum Gasteiger partial charge on any atom is 0.247 e. The number of halogens is 1. The van der Waals surface area contributed by atoms with Crippen LogP contribution in [0.3, 0.4) is 0 Å². The van der Waals surface area contributed by atoms with Crippen LogP contribution in [0.25, 0.3) is 0 Å². The lowest BCUT2D eigenvalue weighted by Gasteiger charge is -2.21. The van der Waals surface area contributed by atoms with Crippen LogP contribution in [0.15, 0.2) is 53.6 Å². The van der Waals surface area contributed by atoms with Crippen molar-refractivity contribution in [3.63, 3.8) is 0 Å². The van der Waals surface area contributed by atoms with Gasteiger partial charge < -0.3 is 0 Å². The number of rotatable bonds is 5. The average molecular weight is 411 g/mol. The van der Waals surface area contributed by atoms with E-state index >= 15 is 0 Å². The van der Waals surface area contributed by atoms with Crippen LogP contribution < -0.4 is 4.72 Å². The third-order valence-electron chi connectivity index (χ3n) is 3.97. The molecule has 144 valence electrons. The highest BCUT2D eigenvalue weighted by Gasteiger charge is 2.34. The molecule has 3 rings (SSSR count). The first-order valence-electron chi connectivity index (χ1n) is 7.93. The molecule has 0 saturated heterocycles. The van der Waals surface area contributed by atoms with Gasteiger partial charge >= 0.3 is 0 Å². The Labute approximate surface area is 157 Å². The van der Waals surface area contributed by atoms with Gasteiger partial charge in [-0.1, -0.05) is 24.3 Å². The Kier molecular flexibility index (Phi) is 4.96. The molecule has 1 atom stereocenters. The Morgan fingerprint density at radius 3 is 2.30 bits per heavy atom. The van der Waals surface area contributed by atoms with Crippen molar-refractivity contribution >= 4 is 31.4 Å². The van der Waals surface area contributed by atoms with Crippen molar-refractivity contribution in [1.82, 2.24) is 4.41 Å². The lowest BCUT2D eigenvalue weighted by atomic mass is 9.99. The second-order valence-corrected chi connectivity index (χ2v) is 9.90. The van der Waals surface area contributed by atoms with Crippen LogP contribution in [0, 0.1) is 5.82 Å². The van der Waals surface area contributed by atoms with E-state index < -0.39 is 31.9 Å². The molecule has 0 fully saturated rings. The van der Waals surface area contributed by atoms with Crippen molar-refractivity contribution in [2.75, 3.05) is 17.2 Å². The molecule has 0 saturated carbocycles. The normalized spacial score (nSPS) is 17.7. The minimum atomic E-state index is -3.65. The van der Waals surface area contributed by atoms with Crippen molar-refractivity contribution in [1.29, 1.82) is 0 Å². The molecule has 2 aromatic carbocycles. The van der Waals surface area contributed by atoms with Gasteiger partial charge in [-0.25, -0.2) is 21.2 Å². The fourth-order valence-corrected chi connectivity index (χ4v) is 4.35. The Hall–Kier alpha value is -2.46. The molecule has 0 amide bonds. The van der Waals surface area contributed by atoms with E-state index in [1.165, 1.54) is 18.2 Å². The number of nitrogens with zero attached hydrogens (tertiary/aromatic N) is 2. The van der Waals surface area contributed by atoms with Gasteiger partial charge in [0.25, 0.3) is 0 Å². The minimum absolute atomic E-state index is 0.273. The van der Waals surface area contributed by atoms with Gasteiger partial charge in [0.1, 0.15) is 5.82 Å². The van der Waals surface area contributed by atoms with Gasteiger partial charge in [0.15, 0.2) is 0 Å². The molecule has 7 nitrogen and oxygen atoms in total. The molecule has 1 N–H and O–H groups in total. The molecule has 0 aliphatic carbocycles. The number of hydrazone groups is 1. The van der Waals surface area contributed by atoms with E-state index in [-0.39, 0.29) is 6.42 Å². The molecular weight excluding hydrogens is 393 g/mol. The Balaban J connectivity index is 1.92. The number of anilines is 1. The summed E-state index contributed by atoms with van der Waals surface area (Å²) in [5, 5.41) is 4.22. The van der Waals surface area contributed by atoms with E-state index in [0.717, 1.165) is 16.9 Å². The van der Waals surface area contributed by atoms with Gasteiger partial charge in [-0.05, 0) is 35.4 Å². The molecular formula is C17H18FN3O4S2. The fourth-order valence-electron chi connectivity index (χ4n) is 2.88. The highest BCUT2D eigenvalue weighted by molar-refractivity contribution is 7.92. The van der Waals surface area contributed by atoms with Crippen molar-refractivity contribution < 1.29 is 21.2 Å². The first-order valence-corrected chi connectivity index (χ1v) is 11.7. The third kappa shape index (κ3) is 4.64. The maximum atomic E-state index is 13.6. The molecule has 0 aromatic heterocycles. The van der Waals surface area contributed by atoms with E-state index in [1.54, 1.807) is 30.3 Å². The first kappa shape index (κ1) is 19.3. The highest BCUT2D eigenvalue weighted by Crippen LogP contribution is 2.34. The topological polar surface area (TPSA) is 95.9 Å². The summed E-state index contributed by atoms with van der Waals surface area (Å²) in [6, 6.07) is 11.6. The number of benzene rings is 2. The largest absolute Gasteiger partial charge is 0.284 e. The van der Waals surface area contributed by atoms with Gasteiger partial charge in [-0.2, -0.15) is 9.52 Å². The minimum Gasteiger partial charge on any atom is -0.284 e. The molecule has 27 heavy (non-hydrogen) atoms. The maximum absolute atomic E-state index is 13.6. The molecule has 1 heterocycles. The second kappa shape index (κ2) is 6.93. The van der Waals surface area contributed by atoms with Crippen molar-refractivity contribution in [2.24, 2.45) is 5.10 Å². The summed E-state index contributed by atoms with van der Waals surface area (Å²) in [5.74, 6) is -0.453. The average Bonchev–Trinajstić information content (AvgIpc) is 3.00. The zero-order valence-corrected chi connectivity index (χ0v) is 16.3. The van der Waals surface area contributed by atoms with Crippen LogP contribution in [-0.4, -0.2) is 39.5 Å². The number of nitrogens with one attached hydrogen (secondary N) is 1. The zero-order chi connectivity index (χ0) is 19.8. The molecule has 0 radical (unpaired) electrons. The SMILES string of the molecule is CS(=O)(=O)Nc1ccc(C2=NN(S(C)(=O)=O)C(c3cccc(F)c3)C2)cc1. The van der Waals surface area contributed by atoms with Gasteiger partial charge in [0.2, 0.25) is 20.0 Å². The highest BCUT2D eigenvalue weighted by atomic mass is 32.2. The van der Waals surface area contributed by atoms with Crippen LogP contribution in [0.4, 0.5) is 10.1 Å². The van der Waals surface area contributed by atoms with Crippen LogP contribution in [0.5, 0.6) is 0 Å². The summed E-state index contributed by atoms with van der Waals surface area (Å²) < 4.78 is 63.8. The van der Waals surface area contributed by atoms with Crippen molar-refractivity contribution in [2.45, 2.75) is 12.5 Å². The monoisotopic (exact) mass is 411 g/mol. The summed E-state index contributed by atoms with van der Waals surface area (Å²) in [5.41, 5.74) is 2.07. The molecule has 0 bridgehead atoms. The van der Waals surface area contributed by atoms with Crippen molar-refractivity contribution in [3.05, 3.63) is 65.5 Å². The third-order valence-corrected chi connectivity index (χ3v) is 5.59. The van der Waals surface area contributed by atoms with Gasteiger partial charge in [-0.3, -0.25) is 4.72 Å². The lowest BCUT2D eigenvalue weighted by Crippen LogP contribution is -2.26. The summed E-state index contributed by atoms with van der Waals surface area (Å²) in [7, 11) is -7.04. The van der Waals surface area contributed by atoms with E-state index in [1.807, 2.05) is 0 Å². The summed E-state index contributed by atoms with van der Waals surface area (Å²) >= 11 is 0. The van der Waals surface area contributed by atoms with Crippen LogP contribution in [0.1, 0.15) is 23.6 Å². The quantitative estimate of drug-likeness (QED) is 0.817. The number of sulfonamides is 2. The summed E-state index contributed by atoms with van der Waals surface area (Å²) in [6.45, 7) is 0. The van der Waals surface area contributed by atoms with Gasteiger partial charge in [-0.15, -0.1) is 0 Å². The smallest absolute Gasteiger partial charge is 0.247 e. The van der Waals surface area contributed by atoms with E-state index in [0.29, 0.717) is 22.5 Å². The zero-order valence-electron chi connectivity index (χ0n) is 14.6. The Bertz CT molecular complexity index is 1100. The molecule has 1 aliphatic heterocycles. The number of hydrogen-bond acceptors (Lipinski definition) is 5. The van der Waals surface area contributed by atoms with Gasteiger partial charge in [0, 0.05) is 12.1 Å². The van der Waals surface area contributed by atoms with Crippen LogP contribution in [-0.2, 0) is 20.0 Å². The standard InChI is InChI=1S/C17H18FN3O4S2/c1-26(22,23)20-15-8-6-12(7-9-15)16-11-17(21(19-16)27(2,24)25)13-4-3-5-14(18)10-13/h3-10,17,20H,11H2,1-2H3. The predicted molar refractivity (Wildman–Crippen MR) is 102 cm³/mol. The molecule has 1 aliphatic rings. The summed E-state index contributed by atoms with van der Waals surface area (Å²) in [4.78, 5) is 0. The molecule has 0 spiro atoms. The predicted octanol–water partition coefficient (Wildman–Crippen LogP) is 2.31. The Morgan fingerprint density at radius 1 is 1.07 bits per heavy atom. The van der Waals surface area contributed by atoms with Gasteiger partial charge in [0.05, 0.1) is 24.3 Å². The van der Waals surface area contributed by atoms with Crippen molar-refractivity contribution in [3.8, 4) is 0 Å². The van der Waals surface area contributed by atoms with E-state index in [2.05, 4.69) is 9.82 Å². The molecule has 2 aromatic rings. The summed E-state index contributed by atoms with van der Waals surface area (Å²) in [6.07, 6.45) is 2.37.